The summed E-state index contributed by atoms with van der Waals surface area (Å²) < 4.78 is 0. The van der Waals surface area contributed by atoms with Crippen LogP contribution in [-0.2, 0) is 16.1 Å². The lowest BCUT2D eigenvalue weighted by atomic mass is 9.97. The first-order valence-corrected chi connectivity index (χ1v) is 9.44. The standard InChI is InChI=1S/C20H25N3O3/c1-14-5-4-6-15(9-14)11-22-12-16(10-17(22)24)13-23-18(25)20(21-19(23)26)7-2-3-8-20/h4-6,9,16H,2-3,7-8,10-13H2,1H3,(H,21,26). The summed E-state index contributed by atoms with van der Waals surface area (Å²) in [5.41, 5.74) is 1.62. The van der Waals surface area contributed by atoms with Gasteiger partial charge in [-0.25, -0.2) is 4.79 Å². The van der Waals surface area contributed by atoms with Crippen LogP contribution in [0.3, 0.4) is 0 Å². The summed E-state index contributed by atoms with van der Waals surface area (Å²) in [6.45, 7) is 3.55. The van der Waals surface area contributed by atoms with Gasteiger partial charge in [-0.05, 0) is 25.3 Å². The minimum absolute atomic E-state index is 0.0126. The number of amides is 4. The van der Waals surface area contributed by atoms with E-state index in [9.17, 15) is 14.4 Å². The number of benzene rings is 1. The van der Waals surface area contributed by atoms with Crippen molar-refractivity contribution in [3.05, 3.63) is 35.4 Å². The molecule has 6 heteroatoms. The van der Waals surface area contributed by atoms with Gasteiger partial charge in [0.15, 0.2) is 0 Å². The quantitative estimate of drug-likeness (QED) is 0.842. The lowest BCUT2D eigenvalue weighted by Crippen LogP contribution is -2.44. The van der Waals surface area contributed by atoms with E-state index in [4.69, 9.17) is 0 Å². The van der Waals surface area contributed by atoms with Gasteiger partial charge in [-0.1, -0.05) is 42.7 Å². The van der Waals surface area contributed by atoms with Gasteiger partial charge in [-0.3, -0.25) is 14.5 Å². The molecular weight excluding hydrogens is 330 g/mol. The number of carbonyl (C=O) groups excluding carboxylic acids is 3. The van der Waals surface area contributed by atoms with Crippen molar-refractivity contribution in [1.29, 1.82) is 0 Å². The molecule has 1 N–H and O–H groups in total. The Morgan fingerprint density at radius 2 is 1.96 bits per heavy atom. The number of carbonyl (C=O) groups is 3. The third kappa shape index (κ3) is 2.97. The SMILES string of the molecule is Cc1cccc(CN2CC(CN3C(=O)NC4(CCCC4)C3=O)CC2=O)c1. The second-order valence-electron chi connectivity index (χ2n) is 7.97. The molecule has 6 nitrogen and oxygen atoms in total. The number of hydrogen-bond donors (Lipinski definition) is 1. The number of nitrogens with one attached hydrogen (secondary N) is 1. The van der Waals surface area contributed by atoms with Crippen molar-refractivity contribution < 1.29 is 14.4 Å². The van der Waals surface area contributed by atoms with E-state index in [1.54, 1.807) is 0 Å². The molecule has 1 aliphatic carbocycles. The number of urea groups is 1. The molecule has 0 radical (unpaired) electrons. The van der Waals surface area contributed by atoms with Crippen molar-refractivity contribution in [3.8, 4) is 0 Å². The fourth-order valence-electron chi connectivity index (χ4n) is 4.58. The van der Waals surface area contributed by atoms with Gasteiger partial charge < -0.3 is 10.2 Å². The molecule has 2 aliphatic heterocycles. The zero-order valence-electron chi connectivity index (χ0n) is 15.2. The smallest absolute Gasteiger partial charge is 0.325 e. The van der Waals surface area contributed by atoms with E-state index in [0.717, 1.165) is 31.2 Å². The van der Waals surface area contributed by atoms with Crippen molar-refractivity contribution in [2.24, 2.45) is 5.92 Å². The Morgan fingerprint density at radius 1 is 1.19 bits per heavy atom. The highest BCUT2D eigenvalue weighted by molar-refractivity contribution is 6.07. The second-order valence-corrected chi connectivity index (χ2v) is 7.97. The summed E-state index contributed by atoms with van der Waals surface area (Å²) in [7, 11) is 0. The molecule has 138 valence electrons. The largest absolute Gasteiger partial charge is 0.338 e. The second kappa shape index (κ2) is 6.41. The highest BCUT2D eigenvalue weighted by Crippen LogP contribution is 2.35. The lowest BCUT2D eigenvalue weighted by molar-refractivity contribution is -0.132. The minimum atomic E-state index is -0.666. The van der Waals surface area contributed by atoms with Crippen molar-refractivity contribution in [2.45, 2.75) is 51.1 Å². The van der Waals surface area contributed by atoms with Crippen molar-refractivity contribution in [1.82, 2.24) is 15.1 Å². The summed E-state index contributed by atoms with van der Waals surface area (Å²) >= 11 is 0. The number of nitrogens with zero attached hydrogens (tertiary/aromatic N) is 2. The first-order chi connectivity index (χ1) is 12.5. The molecule has 1 aromatic carbocycles. The number of likely N-dealkylation sites (tertiary alicyclic amines) is 1. The molecule has 2 saturated heterocycles. The molecule has 3 fully saturated rings. The van der Waals surface area contributed by atoms with Crippen molar-refractivity contribution in [2.75, 3.05) is 13.1 Å². The van der Waals surface area contributed by atoms with Crippen molar-refractivity contribution >= 4 is 17.8 Å². The summed E-state index contributed by atoms with van der Waals surface area (Å²) in [6.07, 6.45) is 3.82. The molecule has 4 amide bonds. The maximum atomic E-state index is 12.8. The Morgan fingerprint density at radius 3 is 2.69 bits per heavy atom. The van der Waals surface area contributed by atoms with Gasteiger partial charge in [-0.2, -0.15) is 0 Å². The first-order valence-electron chi connectivity index (χ1n) is 9.44. The van der Waals surface area contributed by atoms with Crippen LogP contribution in [0.2, 0.25) is 0 Å². The monoisotopic (exact) mass is 355 g/mol. The molecular formula is C20H25N3O3. The van der Waals surface area contributed by atoms with Crippen LogP contribution in [0.15, 0.2) is 24.3 Å². The minimum Gasteiger partial charge on any atom is -0.338 e. The van der Waals surface area contributed by atoms with Crippen LogP contribution in [-0.4, -0.2) is 46.3 Å². The first kappa shape index (κ1) is 17.1. The summed E-state index contributed by atoms with van der Waals surface area (Å²) in [6, 6.07) is 7.85. The average Bonchev–Trinajstić information content (AvgIpc) is 3.25. The van der Waals surface area contributed by atoms with Gasteiger partial charge in [0.2, 0.25) is 5.91 Å². The number of rotatable bonds is 4. The molecule has 2 heterocycles. The van der Waals surface area contributed by atoms with Gasteiger partial charge >= 0.3 is 6.03 Å². The zero-order valence-corrected chi connectivity index (χ0v) is 15.2. The van der Waals surface area contributed by atoms with Gasteiger partial charge in [-0.15, -0.1) is 0 Å². The van der Waals surface area contributed by atoms with Gasteiger partial charge in [0.05, 0.1) is 0 Å². The Hall–Kier alpha value is -2.37. The molecule has 4 rings (SSSR count). The maximum Gasteiger partial charge on any atom is 0.325 e. The van der Waals surface area contributed by atoms with E-state index < -0.39 is 5.54 Å². The van der Waals surface area contributed by atoms with Crippen LogP contribution in [0.5, 0.6) is 0 Å². The molecule has 0 bridgehead atoms. The zero-order chi connectivity index (χ0) is 18.3. The Labute approximate surface area is 153 Å². The van der Waals surface area contributed by atoms with Crippen LogP contribution in [0.1, 0.15) is 43.2 Å². The Balaban J connectivity index is 1.40. The van der Waals surface area contributed by atoms with Gasteiger partial charge in [0.1, 0.15) is 5.54 Å². The maximum absolute atomic E-state index is 12.8. The predicted molar refractivity (Wildman–Crippen MR) is 96.1 cm³/mol. The van der Waals surface area contributed by atoms with Crippen LogP contribution in [0.25, 0.3) is 0 Å². The summed E-state index contributed by atoms with van der Waals surface area (Å²) in [5, 5.41) is 2.91. The van der Waals surface area contributed by atoms with Crippen LogP contribution < -0.4 is 5.32 Å². The number of hydrogen-bond acceptors (Lipinski definition) is 3. The van der Waals surface area contributed by atoms with Crippen LogP contribution in [0.4, 0.5) is 4.79 Å². The number of aryl methyl sites for hydroxylation is 1. The normalized spacial score (nSPS) is 24.8. The molecule has 3 aliphatic rings. The Kier molecular flexibility index (Phi) is 4.21. The fourth-order valence-corrected chi connectivity index (χ4v) is 4.58. The molecule has 1 spiro atoms. The van der Waals surface area contributed by atoms with Crippen LogP contribution >= 0.6 is 0 Å². The third-order valence-electron chi connectivity index (χ3n) is 5.89. The summed E-state index contributed by atoms with van der Waals surface area (Å²) in [4.78, 5) is 40.6. The van der Waals surface area contributed by atoms with Gasteiger partial charge in [0, 0.05) is 32.0 Å². The molecule has 1 atom stereocenters. The highest BCUT2D eigenvalue weighted by atomic mass is 16.2. The van der Waals surface area contributed by atoms with E-state index in [0.29, 0.717) is 26.1 Å². The van der Waals surface area contributed by atoms with E-state index >= 15 is 0 Å². The van der Waals surface area contributed by atoms with Crippen molar-refractivity contribution in [3.63, 3.8) is 0 Å². The van der Waals surface area contributed by atoms with E-state index in [1.807, 2.05) is 30.0 Å². The Bertz CT molecular complexity index is 754. The fraction of sp³-hybridized carbons (Fsp3) is 0.550. The summed E-state index contributed by atoms with van der Waals surface area (Å²) in [5.74, 6) is 0.0160. The molecule has 0 aromatic heterocycles. The number of imide groups is 1. The average molecular weight is 355 g/mol. The topological polar surface area (TPSA) is 69.7 Å². The predicted octanol–water partition coefficient (Wildman–Crippen LogP) is 2.21. The molecule has 1 saturated carbocycles. The molecule has 1 aromatic rings. The van der Waals surface area contributed by atoms with E-state index in [1.165, 1.54) is 10.5 Å². The molecule has 1 unspecified atom stereocenters. The van der Waals surface area contributed by atoms with Gasteiger partial charge in [0.25, 0.3) is 5.91 Å². The van der Waals surface area contributed by atoms with E-state index in [2.05, 4.69) is 11.4 Å². The van der Waals surface area contributed by atoms with E-state index in [-0.39, 0.29) is 23.8 Å². The molecule has 26 heavy (non-hydrogen) atoms. The van der Waals surface area contributed by atoms with Crippen LogP contribution in [0, 0.1) is 12.8 Å². The highest BCUT2D eigenvalue weighted by Gasteiger charge is 2.53. The lowest BCUT2D eigenvalue weighted by Gasteiger charge is -2.22. The third-order valence-corrected chi connectivity index (χ3v) is 5.89.